The van der Waals surface area contributed by atoms with Crippen LogP contribution in [0.1, 0.15) is 27.0 Å². The van der Waals surface area contributed by atoms with Crippen molar-refractivity contribution in [3.8, 4) is 5.75 Å². The number of carbonyl (C=O) groups is 1. The van der Waals surface area contributed by atoms with Gasteiger partial charge in [0.25, 0.3) is 0 Å². The summed E-state index contributed by atoms with van der Waals surface area (Å²) in [6.45, 7) is 3.97. The molecule has 2 aromatic rings. The summed E-state index contributed by atoms with van der Waals surface area (Å²) in [7, 11) is 1.41. The van der Waals surface area contributed by atoms with Gasteiger partial charge in [0.05, 0.1) is 7.11 Å². The summed E-state index contributed by atoms with van der Waals surface area (Å²) in [5.41, 5.74) is 3.53. The molecule has 0 aliphatic carbocycles. The zero-order chi connectivity index (χ0) is 14.7. The van der Waals surface area contributed by atoms with E-state index in [4.69, 9.17) is 4.74 Å². The first-order chi connectivity index (χ1) is 9.51. The van der Waals surface area contributed by atoms with E-state index in [0.29, 0.717) is 11.1 Å². The van der Waals surface area contributed by atoms with E-state index in [0.717, 1.165) is 11.1 Å². The number of carbonyl (C=O) groups excluding carboxylic acids is 1. The van der Waals surface area contributed by atoms with Crippen LogP contribution in [0.15, 0.2) is 36.4 Å². The fourth-order valence-corrected chi connectivity index (χ4v) is 2.02. The molecule has 0 aliphatic rings. The molecule has 0 atom stereocenters. The minimum absolute atomic E-state index is 0.0160. The van der Waals surface area contributed by atoms with Crippen LogP contribution in [0.4, 0.5) is 4.39 Å². The third kappa shape index (κ3) is 3.05. The molecule has 0 heterocycles. The maximum Gasteiger partial charge on any atom is 0.167 e. The summed E-state index contributed by atoms with van der Waals surface area (Å²) in [5, 5.41) is 0. The Kier molecular flexibility index (Phi) is 4.18. The van der Waals surface area contributed by atoms with Crippen LogP contribution in [0.3, 0.4) is 0 Å². The van der Waals surface area contributed by atoms with Gasteiger partial charge in [0.15, 0.2) is 17.3 Å². The molecule has 2 aromatic carbocycles. The lowest BCUT2D eigenvalue weighted by Crippen LogP contribution is -2.04. The lowest BCUT2D eigenvalue weighted by molar-refractivity contribution is 0.0993. The Morgan fingerprint density at radius 3 is 2.45 bits per heavy atom. The Hall–Kier alpha value is -2.16. The number of halogens is 1. The summed E-state index contributed by atoms with van der Waals surface area (Å²) in [5.74, 6) is -0.275. The molecular formula is C17H17FO2. The average Bonchev–Trinajstić information content (AvgIpc) is 2.42. The molecule has 3 heteroatoms. The molecule has 0 unspecified atom stereocenters. The van der Waals surface area contributed by atoms with E-state index in [1.807, 2.05) is 32.0 Å². The molecular weight excluding hydrogens is 255 g/mol. The van der Waals surface area contributed by atoms with E-state index < -0.39 is 5.82 Å². The first-order valence-electron chi connectivity index (χ1n) is 6.44. The molecule has 0 aromatic heterocycles. The second-order valence-electron chi connectivity index (χ2n) is 4.87. The highest BCUT2D eigenvalue weighted by Gasteiger charge is 2.10. The topological polar surface area (TPSA) is 26.3 Å². The van der Waals surface area contributed by atoms with Crippen LogP contribution in [0.2, 0.25) is 0 Å². The van der Waals surface area contributed by atoms with Gasteiger partial charge in [-0.15, -0.1) is 0 Å². The molecule has 2 rings (SSSR count). The number of methoxy groups -OCH3 is 1. The minimum atomic E-state index is -0.446. The van der Waals surface area contributed by atoms with E-state index >= 15 is 0 Å². The van der Waals surface area contributed by atoms with E-state index in [1.165, 1.54) is 13.2 Å². The van der Waals surface area contributed by atoms with Crippen molar-refractivity contribution in [3.05, 3.63) is 64.5 Å². The predicted octanol–water partition coefficient (Wildman–Crippen LogP) is 3.88. The molecule has 104 valence electrons. The summed E-state index contributed by atoms with van der Waals surface area (Å²) in [6.07, 6.45) is 0.184. The van der Waals surface area contributed by atoms with Crippen molar-refractivity contribution in [3.63, 3.8) is 0 Å². The van der Waals surface area contributed by atoms with Gasteiger partial charge in [-0.25, -0.2) is 4.39 Å². The second kappa shape index (κ2) is 5.87. The van der Waals surface area contributed by atoms with Gasteiger partial charge in [0.1, 0.15) is 0 Å². The van der Waals surface area contributed by atoms with Gasteiger partial charge in [0.2, 0.25) is 0 Å². The van der Waals surface area contributed by atoms with Crippen LogP contribution in [0.5, 0.6) is 5.75 Å². The highest BCUT2D eigenvalue weighted by Crippen LogP contribution is 2.19. The van der Waals surface area contributed by atoms with E-state index in [1.54, 1.807) is 12.1 Å². The molecule has 0 spiro atoms. The molecule has 0 N–H and O–H groups in total. The molecule has 0 radical (unpaired) electrons. The lowest BCUT2D eigenvalue weighted by Gasteiger charge is -2.06. The Morgan fingerprint density at radius 2 is 1.85 bits per heavy atom. The van der Waals surface area contributed by atoms with Crippen LogP contribution >= 0.6 is 0 Å². The maximum absolute atomic E-state index is 13.6. The average molecular weight is 272 g/mol. The van der Waals surface area contributed by atoms with Crippen molar-refractivity contribution in [1.82, 2.24) is 0 Å². The normalized spacial score (nSPS) is 10.4. The van der Waals surface area contributed by atoms with Crippen LogP contribution in [0.25, 0.3) is 0 Å². The highest BCUT2D eigenvalue weighted by molar-refractivity contribution is 5.97. The smallest absolute Gasteiger partial charge is 0.167 e. The monoisotopic (exact) mass is 272 g/mol. The number of ether oxygens (including phenoxy) is 1. The maximum atomic E-state index is 13.6. The molecule has 2 nitrogen and oxygen atoms in total. The molecule has 0 bridgehead atoms. The van der Waals surface area contributed by atoms with Crippen molar-refractivity contribution in [2.75, 3.05) is 7.11 Å². The van der Waals surface area contributed by atoms with Crippen LogP contribution in [-0.2, 0) is 6.42 Å². The van der Waals surface area contributed by atoms with Crippen LogP contribution in [0, 0.1) is 19.7 Å². The summed E-state index contributed by atoms with van der Waals surface area (Å²) in [4.78, 5) is 12.2. The molecule has 0 saturated heterocycles. The van der Waals surface area contributed by atoms with Gasteiger partial charge < -0.3 is 4.74 Å². The molecule has 0 saturated carbocycles. The van der Waals surface area contributed by atoms with Crippen molar-refractivity contribution in [2.45, 2.75) is 20.3 Å². The SMILES string of the molecule is COc1ccc(CC(=O)c2ccc(C)c(C)c2)cc1F. The fourth-order valence-electron chi connectivity index (χ4n) is 2.02. The van der Waals surface area contributed by atoms with Crippen LogP contribution in [-0.4, -0.2) is 12.9 Å². The zero-order valence-corrected chi connectivity index (χ0v) is 11.9. The van der Waals surface area contributed by atoms with Gasteiger partial charge in [0, 0.05) is 12.0 Å². The summed E-state index contributed by atoms with van der Waals surface area (Å²) < 4.78 is 18.4. The van der Waals surface area contributed by atoms with Gasteiger partial charge in [-0.1, -0.05) is 18.2 Å². The molecule has 20 heavy (non-hydrogen) atoms. The summed E-state index contributed by atoms with van der Waals surface area (Å²) in [6, 6.07) is 10.2. The van der Waals surface area contributed by atoms with Crippen molar-refractivity contribution >= 4 is 5.78 Å². The van der Waals surface area contributed by atoms with Crippen LogP contribution < -0.4 is 4.74 Å². The van der Waals surface area contributed by atoms with Gasteiger partial charge >= 0.3 is 0 Å². The van der Waals surface area contributed by atoms with Gasteiger partial charge in [-0.05, 0) is 48.7 Å². The zero-order valence-electron chi connectivity index (χ0n) is 11.9. The van der Waals surface area contributed by atoms with Gasteiger partial charge in [-0.3, -0.25) is 4.79 Å². The van der Waals surface area contributed by atoms with Crippen molar-refractivity contribution < 1.29 is 13.9 Å². The number of benzene rings is 2. The number of hydrogen-bond donors (Lipinski definition) is 0. The Morgan fingerprint density at radius 1 is 1.10 bits per heavy atom. The Labute approximate surface area is 118 Å². The Bertz CT molecular complexity index is 647. The quantitative estimate of drug-likeness (QED) is 0.790. The number of aryl methyl sites for hydroxylation is 2. The van der Waals surface area contributed by atoms with Gasteiger partial charge in [-0.2, -0.15) is 0 Å². The van der Waals surface area contributed by atoms with E-state index in [2.05, 4.69) is 0 Å². The predicted molar refractivity (Wildman–Crippen MR) is 76.9 cm³/mol. The third-order valence-electron chi connectivity index (χ3n) is 3.41. The number of Topliss-reactive ketones (excluding diaryl/α,β-unsaturated/α-hetero) is 1. The van der Waals surface area contributed by atoms with Crippen molar-refractivity contribution in [2.24, 2.45) is 0 Å². The number of ketones is 1. The second-order valence-corrected chi connectivity index (χ2v) is 4.87. The number of hydrogen-bond acceptors (Lipinski definition) is 2. The fraction of sp³-hybridized carbons (Fsp3) is 0.235. The highest BCUT2D eigenvalue weighted by atomic mass is 19.1. The number of rotatable bonds is 4. The van der Waals surface area contributed by atoms with E-state index in [9.17, 15) is 9.18 Å². The molecule has 0 aliphatic heterocycles. The summed E-state index contributed by atoms with van der Waals surface area (Å²) >= 11 is 0. The Balaban J connectivity index is 2.19. The largest absolute Gasteiger partial charge is 0.494 e. The molecule has 0 fully saturated rings. The third-order valence-corrected chi connectivity index (χ3v) is 3.41. The first kappa shape index (κ1) is 14.3. The molecule has 0 amide bonds. The minimum Gasteiger partial charge on any atom is -0.494 e. The first-order valence-corrected chi connectivity index (χ1v) is 6.44. The van der Waals surface area contributed by atoms with Crippen molar-refractivity contribution in [1.29, 1.82) is 0 Å². The van der Waals surface area contributed by atoms with E-state index in [-0.39, 0.29) is 18.0 Å². The lowest BCUT2D eigenvalue weighted by atomic mass is 9.99. The standard InChI is InChI=1S/C17H17FO2/c1-11-4-6-14(8-12(11)2)16(19)10-13-5-7-17(20-3)15(18)9-13/h4-9H,10H2,1-3H3.